The molecule has 1 aliphatic rings. The van der Waals surface area contributed by atoms with E-state index in [4.69, 9.17) is 4.42 Å². The number of hydrogen-bond acceptors (Lipinski definition) is 3. The SMILES string of the molecule is CC1C(=O)NCCCN1C(=O)/C=C/c1cc2ccccc2o1. The number of furan rings is 1. The first-order valence-corrected chi connectivity index (χ1v) is 7.40. The molecule has 0 aliphatic carbocycles. The molecule has 0 spiro atoms. The van der Waals surface area contributed by atoms with Crippen molar-refractivity contribution in [2.75, 3.05) is 13.1 Å². The molecule has 2 amide bonds. The highest BCUT2D eigenvalue weighted by Crippen LogP contribution is 2.19. The van der Waals surface area contributed by atoms with E-state index < -0.39 is 6.04 Å². The topological polar surface area (TPSA) is 62.6 Å². The van der Waals surface area contributed by atoms with Crippen LogP contribution in [0.25, 0.3) is 17.0 Å². The quantitative estimate of drug-likeness (QED) is 0.864. The van der Waals surface area contributed by atoms with Crippen LogP contribution in [0.15, 0.2) is 40.8 Å². The first-order valence-electron chi connectivity index (χ1n) is 7.40. The Morgan fingerprint density at radius 1 is 1.41 bits per heavy atom. The first-order chi connectivity index (χ1) is 10.6. The Morgan fingerprint density at radius 3 is 3.05 bits per heavy atom. The lowest BCUT2D eigenvalue weighted by Crippen LogP contribution is -2.44. The molecule has 1 aromatic carbocycles. The van der Waals surface area contributed by atoms with E-state index in [1.807, 2.05) is 30.3 Å². The Kier molecular flexibility index (Phi) is 3.96. The fourth-order valence-corrected chi connectivity index (χ4v) is 2.58. The number of para-hydroxylation sites is 1. The number of fused-ring (bicyclic) bond motifs is 1. The van der Waals surface area contributed by atoms with E-state index in [-0.39, 0.29) is 11.8 Å². The van der Waals surface area contributed by atoms with Gasteiger partial charge in [-0.2, -0.15) is 0 Å². The second kappa shape index (κ2) is 6.05. The Morgan fingerprint density at radius 2 is 2.23 bits per heavy atom. The third-order valence-electron chi connectivity index (χ3n) is 3.84. The minimum atomic E-state index is -0.449. The van der Waals surface area contributed by atoms with Crippen LogP contribution in [0.3, 0.4) is 0 Å². The maximum Gasteiger partial charge on any atom is 0.247 e. The lowest BCUT2D eigenvalue weighted by Gasteiger charge is -2.23. The number of benzene rings is 1. The normalized spacial score (nSPS) is 19.4. The Hall–Kier alpha value is -2.56. The van der Waals surface area contributed by atoms with Crippen molar-refractivity contribution in [2.45, 2.75) is 19.4 Å². The summed E-state index contributed by atoms with van der Waals surface area (Å²) < 4.78 is 5.64. The third-order valence-corrected chi connectivity index (χ3v) is 3.84. The van der Waals surface area contributed by atoms with Gasteiger partial charge in [-0.15, -0.1) is 0 Å². The molecule has 5 heteroatoms. The highest BCUT2D eigenvalue weighted by molar-refractivity contribution is 5.96. The van der Waals surface area contributed by atoms with Crippen LogP contribution in [0.5, 0.6) is 0 Å². The molecule has 0 radical (unpaired) electrons. The Balaban J connectivity index is 1.76. The van der Waals surface area contributed by atoms with Gasteiger partial charge in [0.2, 0.25) is 11.8 Å². The van der Waals surface area contributed by atoms with Crippen LogP contribution >= 0.6 is 0 Å². The van der Waals surface area contributed by atoms with Crippen molar-refractivity contribution in [3.8, 4) is 0 Å². The van der Waals surface area contributed by atoms with E-state index in [0.717, 1.165) is 17.4 Å². The van der Waals surface area contributed by atoms with E-state index in [0.29, 0.717) is 18.8 Å². The highest BCUT2D eigenvalue weighted by atomic mass is 16.3. The second-order valence-corrected chi connectivity index (χ2v) is 5.37. The monoisotopic (exact) mass is 298 g/mol. The molecule has 2 heterocycles. The standard InChI is InChI=1S/C17H18N2O3/c1-12-17(21)18-9-4-10-19(12)16(20)8-7-14-11-13-5-2-3-6-15(13)22-14/h2-3,5-8,11-12H,4,9-10H2,1H3,(H,18,21)/b8-7+. The second-order valence-electron chi connectivity index (χ2n) is 5.37. The van der Waals surface area contributed by atoms with Crippen LogP contribution in [-0.4, -0.2) is 35.8 Å². The van der Waals surface area contributed by atoms with E-state index in [2.05, 4.69) is 5.32 Å². The fourth-order valence-electron chi connectivity index (χ4n) is 2.58. The third kappa shape index (κ3) is 2.88. The summed E-state index contributed by atoms with van der Waals surface area (Å²) in [6.45, 7) is 2.93. The van der Waals surface area contributed by atoms with Crippen LogP contribution in [0.2, 0.25) is 0 Å². The molecule has 5 nitrogen and oxygen atoms in total. The summed E-state index contributed by atoms with van der Waals surface area (Å²) in [5.41, 5.74) is 0.789. The van der Waals surface area contributed by atoms with E-state index in [1.165, 1.54) is 6.08 Å². The average Bonchev–Trinajstić information content (AvgIpc) is 2.87. The number of rotatable bonds is 2. The minimum absolute atomic E-state index is 0.108. The van der Waals surface area contributed by atoms with Gasteiger partial charge in [0.05, 0.1) is 0 Å². The molecule has 114 valence electrons. The largest absolute Gasteiger partial charge is 0.457 e. The van der Waals surface area contributed by atoms with Gasteiger partial charge < -0.3 is 14.6 Å². The number of carbonyl (C=O) groups is 2. The molecule has 1 aliphatic heterocycles. The van der Waals surface area contributed by atoms with Crippen LogP contribution in [0.4, 0.5) is 0 Å². The van der Waals surface area contributed by atoms with Crippen molar-refractivity contribution in [3.63, 3.8) is 0 Å². The molecule has 1 N–H and O–H groups in total. The molecule has 0 saturated carbocycles. The molecule has 1 aromatic heterocycles. The van der Waals surface area contributed by atoms with E-state index in [9.17, 15) is 9.59 Å². The molecule has 1 saturated heterocycles. The van der Waals surface area contributed by atoms with E-state index >= 15 is 0 Å². The fraction of sp³-hybridized carbons (Fsp3) is 0.294. The van der Waals surface area contributed by atoms with E-state index in [1.54, 1.807) is 17.9 Å². The Labute approximate surface area is 128 Å². The van der Waals surface area contributed by atoms with Gasteiger partial charge in [0.1, 0.15) is 17.4 Å². The Bertz CT molecular complexity index is 699. The van der Waals surface area contributed by atoms with Crippen molar-refractivity contribution < 1.29 is 14.0 Å². The lowest BCUT2D eigenvalue weighted by atomic mass is 10.2. The maximum atomic E-state index is 12.3. The van der Waals surface area contributed by atoms with Crippen molar-refractivity contribution in [1.29, 1.82) is 0 Å². The maximum absolute atomic E-state index is 12.3. The average molecular weight is 298 g/mol. The summed E-state index contributed by atoms with van der Waals surface area (Å²) in [5.74, 6) is 0.342. The molecule has 1 fully saturated rings. The summed E-state index contributed by atoms with van der Waals surface area (Å²) in [7, 11) is 0. The first kappa shape index (κ1) is 14.4. The predicted octanol–water partition coefficient (Wildman–Crippen LogP) is 2.18. The van der Waals surface area contributed by atoms with Gasteiger partial charge in [-0.25, -0.2) is 0 Å². The minimum Gasteiger partial charge on any atom is -0.457 e. The molecular weight excluding hydrogens is 280 g/mol. The summed E-state index contributed by atoms with van der Waals surface area (Å²) >= 11 is 0. The zero-order valence-corrected chi connectivity index (χ0v) is 12.4. The number of nitrogens with one attached hydrogen (secondary N) is 1. The zero-order chi connectivity index (χ0) is 15.5. The van der Waals surface area contributed by atoms with Crippen LogP contribution in [0, 0.1) is 0 Å². The summed E-state index contributed by atoms with van der Waals surface area (Å²) in [5, 5.41) is 3.79. The van der Waals surface area contributed by atoms with Gasteiger partial charge >= 0.3 is 0 Å². The predicted molar refractivity (Wildman–Crippen MR) is 84.0 cm³/mol. The molecule has 3 rings (SSSR count). The van der Waals surface area contributed by atoms with Gasteiger partial charge in [0.15, 0.2) is 0 Å². The molecule has 1 atom stereocenters. The molecule has 2 aromatic rings. The van der Waals surface area contributed by atoms with Crippen LogP contribution in [0.1, 0.15) is 19.1 Å². The van der Waals surface area contributed by atoms with Crippen molar-refractivity contribution in [2.24, 2.45) is 0 Å². The molecule has 22 heavy (non-hydrogen) atoms. The smallest absolute Gasteiger partial charge is 0.247 e. The van der Waals surface area contributed by atoms with Gasteiger partial charge in [-0.05, 0) is 31.6 Å². The summed E-state index contributed by atoms with van der Waals surface area (Å²) in [6.07, 6.45) is 3.88. The number of amides is 2. The number of nitrogens with zero attached hydrogens (tertiary/aromatic N) is 1. The van der Waals surface area contributed by atoms with Gasteiger partial charge in [0.25, 0.3) is 0 Å². The van der Waals surface area contributed by atoms with Crippen molar-refractivity contribution in [1.82, 2.24) is 10.2 Å². The summed E-state index contributed by atoms with van der Waals surface area (Å²) in [4.78, 5) is 25.7. The molecular formula is C17H18N2O3. The van der Waals surface area contributed by atoms with Crippen LogP contribution < -0.4 is 5.32 Å². The summed E-state index contributed by atoms with van der Waals surface area (Å²) in [6, 6.07) is 9.12. The molecule has 0 bridgehead atoms. The van der Waals surface area contributed by atoms with Gasteiger partial charge in [-0.3, -0.25) is 9.59 Å². The highest BCUT2D eigenvalue weighted by Gasteiger charge is 2.26. The van der Waals surface area contributed by atoms with Gasteiger partial charge in [0, 0.05) is 24.6 Å². The molecule has 1 unspecified atom stereocenters. The lowest BCUT2D eigenvalue weighted by molar-refractivity contribution is -0.135. The number of hydrogen-bond donors (Lipinski definition) is 1. The van der Waals surface area contributed by atoms with Gasteiger partial charge in [-0.1, -0.05) is 18.2 Å². The van der Waals surface area contributed by atoms with Crippen molar-refractivity contribution >= 4 is 28.9 Å². The van der Waals surface area contributed by atoms with Crippen LogP contribution in [-0.2, 0) is 9.59 Å². The number of carbonyl (C=O) groups excluding carboxylic acids is 2. The zero-order valence-electron chi connectivity index (χ0n) is 12.4. The van der Waals surface area contributed by atoms with Crippen molar-refractivity contribution in [3.05, 3.63) is 42.2 Å².